The number of hydrogen-bond donors (Lipinski definition) is 1. The highest BCUT2D eigenvalue weighted by molar-refractivity contribution is 6.32. The fourth-order valence-corrected chi connectivity index (χ4v) is 1.87. The lowest BCUT2D eigenvalue weighted by Gasteiger charge is -2.05. The Morgan fingerprint density at radius 3 is 2.82 bits per heavy atom. The first-order valence-electron chi connectivity index (χ1n) is 5.87. The topological polar surface area (TPSA) is 21.3 Å². The monoisotopic (exact) mass is 253 g/mol. The van der Waals surface area contributed by atoms with Crippen LogP contribution in [0, 0.1) is 0 Å². The Labute approximate surface area is 109 Å². The third-order valence-electron chi connectivity index (χ3n) is 2.55. The smallest absolute Gasteiger partial charge is 0.0587 e. The lowest BCUT2D eigenvalue weighted by molar-refractivity contribution is 0.199. The van der Waals surface area contributed by atoms with E-state index in [1.165, 1.54) is 5.57 Å². The molecule has 1 aromatic carbocycles. The molecule has 0 radical (unpaired) electrons. The molecule has 0 heterocycles. The fourth-order valence-electron chi connectivity index (χ4n) is 1.58. The van der Waals surface area contributed by atoms with Crippen LogP contribution in [-0.4, -0.2) is 26.8 Å². The van der Waals surface area contributed by atoms with Gasteiger partial charge in [0.15, 0.2) is 0 Å². The average Bonchev–Trinajstić information content (AvgIpc) is 2.34. The van der Waals surface area contributed by atoms with E-state index in [0.29, 0.717) is 0 Å². The molecule has 17 heavy (non-hydrogen) atoms. The zero-order chi connectivity index (χ0) is 12.5. The summed E-state index contributed by atoms with van der Waals surface area (Å²) in [6.07, 6.45) is 3.21. The summed E-state index contributed by atoms with van der Waals surface area (Å²) in [7, 11) is 1.71. The highest BCUT2D eigenvalue weighted by Gasteiger charge is 1.99. The van der Waals surface area contributed by atoms with Crippen molar-refractivity contribution in [3.05, 3.63) is 40.9 Å². The van der Waals surface area contributed by atoms with E-state index in [1.807, 2.05) is 24.3 Å². The maximum Gasteiger partial charge on any atom is 0.0587 e. The summed E-state index contributed by atoms with van der Waals surface area (Å²) in [5, 5.41) is 4.12. The number of hydrogen-bond acceptors (Lipinski definition) is 2. The maximum atomic E-state index is 6.13. The van der Waals surface area contributed by atoms with Crippen LogP contribution < -0.4 is 5.32 Å². The standard InChI is InChI=1S/C14H20ClNO/c1-12(6-5-9-16-10-11-17-2)13-7-3-4-8-14(13)15/h3-4,6-8,16H,5,9-11H2,1-2H3. The van der Waals surface area contributed by atoms with E-state index in [0.717, 1.165) is 36.7 Å². The second-order valence-electron chi connectivity index (χ2n) is 3.90. The van der Waals surface area contributed by atoms with Gasteiger partial charge >= 0.3 is 0 Å². The van der Waals surface area contributed by atoms with Crippen LogP contribution in [0.2, 0.25) is 5.02 Å². The van der Waals surface area contributed by atoms with Gasteiger partial charge in [-0.15, -0.1) is 0 Å². The van der Waals surface area contributed by atoms with Gasteiger partial charge in [0, 0.05) is 18.7 Å². The van der Waals surface area contributed by atoms with Crippen LogP contribution >= 0.6 is 11.6 Å². The van der Waals surface area contributed by atoms with E-state index in [9.17, 15) is 0 Å². The van der Waals surface area contributed by atoms with Crippen molar-refractivity contribution < 1.29 is 4.74 Å². The fraction of sp³-hybridized carbons (Fsp3) is 0.429. The second-order valence-corrected chi connectivity index (χ2v) is 4.31. The number of halogens is 1. The van der Waals surface area contributed by atoms with E-state index >= 15 is 0 Å². The molecule has 1 rings (SSSR count). The first-order chi connectivity index (χ1) is 8.25. The van der Waals surface area contributed by atoms with Gasteiger partial charge in [-0.2, -0.15) is 0 Å². The summed E-state index contributed by atoms with van der Waals surface area (Å²) in [5.74, 6) is 0. The van der Waals surface area contributed by atoms with Crippen LogP contribution in [0.25, 0.3) is 5.57 Å². The van der Waals surface area contributed by atoms with Crippen molar-refractivity contribution in [1.82, 2.24) is 5.32 Å². The minimum absolute atomic E-state index is 0.757. The van der Waals surface area contributed by atoms with E-state index in [-0.39, 0.29) is 0 Å². The molecule has 0 fully saturated rings. The number of ether oxygens (including phenoxy) is 1. The Morgan fingerprint density at radius 1 is 1.35 bits per heavy atom. The first kappa shape index (κ1) is 14.2. The Balaban J connectivity index is 2.37. The van der Waals surface area contributed by atoms with Gasteiger partial charge < -0.3 is 10.1 Å². The first-order valence-corrected chi connectivity index (χ1v) is 6.25. The van der Waals surface area contributed by atoms with Crippen molar-refractivity contribution in [2.24, 2.45) is 0 Å². The molecule has 0 saturated heterocycles. The Morgan fingerprint density at radius 2 is 2.12 bits per heavy atom. The number of benzene rings is 1. The van der Waals surface area contributed by atoms with Crippen LogP contribution in [0.4, 0.5) is 0 Å². The number of methoxy groups -OCH3 is 1. The molecule has 1 N–H and O–H groups in total. The van der Waals surface area contributed by atoms with Crippen LogP contribution in [0.5, 0.6) is 0 Å². The zero-order valence-electron chi connectivity index (χ0n) is 10.5. The van der Waals surface area contributed by atoms with Crippen molar-refractivity contribution in [3.8, 4) is 0 Å². The quantitative estimate of drug-likeness (QED) is 0.753. The van der Waals surface area contributed by atoms with Crippen LogP contribution in [0.1, 0.15) is 18.9 Å². The molecule has 0 spiro atoms. The van der Waals surface area contributed by atoms with Crippen LogP contribution in [0.15, 0.2) is 30.3 Å². The molecule has 0 aromatic heterocycles. The molecule has 0 aliphatic rings. The van der Waals surface area contributed by atoms with Crippen molar-refractivity contribution in [3.63, 3.8) is 0 Å². The lowest BCUT2D eigenvalue weighted by Crippen LogP contribution is -2.19. The third kappa shape index (κ3) is 5.35. The number of allylic oxidation sites excluding steroid dienone is 1. The Bertz CT molecular complexity index is 363. The molecular formula is C14H20ClNO. The van der Waals surface area contributed by atoms with E-state index in [4.69, 9.17) is 16.3 Å². The highest BCUT2D eigenvalue weighted by atomic mass is 35.5. The molecule has 0 atom stereocenters. The summed E-state index contributed by atoms with van der Waals surface area (Å²) >= 11 is 6.13. The van der Waals surface area contributed by atoms with Gasteiger partial charge in [-0.05, 0) is 37.1 Å². The van der Waals surface area contributed by atoms with Gasteiger partial charge in [0.1, 0.15) is 0 Å². The summed E-state index contributed by atoms with van der Waals surface area (Å²) in [6.45, 7) is 4.71. The van der Waals surface area contributed by atoms with Gasteiger partial charge in [-0.3, -0.25) is 0 Å². The van der Waals surface area contributed by atoms with E-state index in [1.54, 1.807) is 7.11 Å². The zero-order valence-corrected chi connectivity index (χ0v) is 11.3. The molecule has 2 nitrogen and oxygen atoms in total. The Kier molecular flexibility index (Phi) is 6.94. The van der Waals surface area contributed by atoms with Gasteiger partial charge in [-0.25, -0.2) is 0 Å². The average molecular weight is 254 g/mol. The van der Waals surface area contributed by atoms with Gasteiger partial charge in [0.2, 0.25) is 0 Å². The van der Waals surface area contributed by atoms with Crippen molar-refractivity contribution in [1.29, 1.82) is 0 Å². The van der Waals surface area contributed by atoms with Crippen LogP contribution in [-0.2, 0) is 4.74 Å². The number of nitrogens with one attached hydrogen (secondary N) is 1. The maximum absolute atomic E-state index is 6.13. The predicted octanol–water partition coefficient (Wildman–Crippen LogP) is 3.37. The summed E-state index contributed by atoms with van der Waals surface area (Å²) < 4.78 is 4.96. The van der Waals surface area contributed by atoms with E-state index in [2.05, 4.69) is 18.3 Å². The molecule has 94 valence electrons. The molecule has 0 saturated carbocycles. The normalized spacial score (nSPS) is 11.8. The van der Waals surface area contributed by atoms with Gasteiger partial charge in [-0.1, -0.05) is 35.9 Å². The van der Waals surface area contributed by atoms with Gasteiger partial charge in [0.25, 0.3) is 0 Å². The summed E-state index contributed by atoms with van der Waals surface area (Å²) in [4.78, 5) is 0. The van der Waals surface area contributed by atoms with Crippen molar-refractivity contribution in [2.75, 3.05) is 26.8 Å². The Hall–Kier alpha value is -0.830. The van der Waals surface area contributed by atoms with Crippen molar-refractivity contribution in [2.45, 2.75) is 13.3 Å². The van der Waals surface area contributed by atoms with Gasteiger partial charge in [0.05, 0.1) is 6.61 Å². The minimum Gasteiger partial charge on any atom is -0.383 e. The van der Waals surface area contributed by atoms with Crippen molar-refractivity contribution >= 4 is 17.2 Å². The molecule has 3 heteroatoms. The largest absolute Gasteiger partial charge is 0.383 e. The SMILES string of the molecule is COCCNCCC=C(C)c1ccccc1Cl. The molecule has 1 aromatic rings. The predicted molar refractivity (Wildman–Crippen MR) is 74.5 cm³/mol. The molecule has 0 amide bonds. The molecule has 0 bridgehead atoms. The second kappa shape index (κ2) is 8.29. The summed E-state index contributed by atoms with van der Waals surface area (Å²) in [6, 6.07) is 7.93. The number of rotatable bonds is 7. The highest BCUT2D eigenvalue weighted by Crippen LogP contribution is 2.23. The minimum atomic E-state index is 0.757. The molecule has 0 unspecified atom stereocenters. The van der Waals surface area contributed by atoms with Crippen LogP contribution in [0.3, 0.4) is 0 Å². The van der Waals surface area contributed by atoms with E-state index < -0.39 is 0 Å². The molecule has 0 aliphatic heterocycles. The summed E-state index contributed by atoms with van der Waals surface area (Å²) in [5.41, 5.74) is 2.34. The third-order valence-corrected chi connectivity index (χ3v) is 2.88. The lowest BCUT2D eigenvalue weighted by atomic mass is 10.1. The molecular weight excluding hydrogens is 234 g/mol. The molecule has 0 aliphatic carbocycles.